The molecule has 0 unspecified atom stereocenters. The molecule has 1 aliphatic carbocycles. The molecule has 0 amide bonds. The Hall–Kier alpha value is -3.66. The van der Waals surface area contributed by atoms with Crippen LogP contribution in [0.15, 0.2) is 84.2 Å². The van der Waals surface area contributed by atoms with Crippen LogP contribution in [0.3, 0.4) is 0 Å². The number of carbonyl (C=O) groups is 2. The molecule has 4 nitrogen and oxygen atoms in total. The monoisotopic (exact) mass is 422 g/mol. The zero-order chi connectivity index (χ0) is 22.2. The standard InChI is InChI=1S/C28H26N2O2/c1-3-29-21(15-13-19-9-5-7-11-25(19)29)17-23-27(31)24(28(23)32)18-22-16-14-20-10-6-8-12-26(20)30(22)4-2/h5-18,23-24H,3-4H2,1-2H3/b21-17+,22-18+. The molecule has 1 saturated carbocycles. The Bertz CT molecular complexity index is 1110. The number of hydrogen-bond acceptors (Lipinski definition) is 4. The quantitative estimate of drug-likeness (QED) is 0.632. The number of benzene rings is 2. The molecule has 0 saturated heterocycles. The number of para-hydroxylation sites is 2. The average Bonchev–Trinajstić information content (AvgIpc) is 2.84. The lowest BCUT2D eigenvalue weighted by Crippen LogP contribution is -2.47. The van der Waals surface area contributed by atoms with Crippen molar-refractivity contribution in [1.29, 1.82) is 0 Å². The van der Waals surface area contributed by atoms with Crippen LogP contribution in [0.5, 0.6) is 0 Å². The van der Waals surface area contributed by atoms with Crippen molar-refractivity contribution in [3.63, 3.8) is 0 Å². The zero-order valence-electron chi connectivity index (χ0n) is 18.4. The van der Waals surface area contributed by atoms with Gasteiger partial charge in [0.2, 0.25) is 0 Å². The van der Waals surface area contributed by atoms with Gasteiger partial charge in [-0.05, 0) is 61.4 Å². The number of rotatable bonds is 4. The van der Waals surface area contributed by atoms with Crippen molar-refractivity contribution < 1.29 is 9.59 Å². The SMILES string of the molecule is CCN1/C(=C/C2C(=O)C(/C=C3\C=Cc4ccccc4N3CC)C2=O)C=Cc2ccccc21. The summed E-state index contributed by atoms with van der Waals surface area (Å²) < 4.78 is 0. The summed E-state index contributed by atoms with van der Waals surface area (Å²) in [7, 11) is 0. The highest BCUT2D eigenvalue weighted by molar-refractivity contribution is 6.26. The van der Waals surface area contributed by atoms with Crippen LogP contribution in [-0.2, 0) is 9.59 Å². The fourth-order valence-corrected chi connectivity index (χ4v) is 4.80. The molecule has 0 atom stereocenters. The van der Waals surface area contributed by atoms with Gasteiger partial charge in [-0.2, -0.15) is 0 Å². The first kappa shape index (κ1) is 20.3. The lowest BCUT2D eigenvalue weighted by Gasteiger charge is -2.34. The van der Waals surface area contributed by atoms with E-state index in [4.69, 9.17) is 0 Å². The van der Waals surface area contributed by atoms with Crippen LogP contribution < -0.4 is 9.80 Å². The molecule has 0 N–H and O–H groups in total. The second kappa shape index (κ2) is 8.12. The number of Topliss-reactive ketones (excluding diaryl/α,β-unsaturated/α-hetero) is 2. The first-order valence-electron chi connectivity index (χ1n) is 11.2. The molecular weight excluding hydrogens is 396 g/mol. The maximum Gasteiger partial charge on any atom is 0.161 e. The van der Waals surface area contributed by atoms with Crippen molar-refractivity contribution in [3.05, 3.63) is 95.4 Å². The summed E-state index contributed by atoms with van der Waals surface area (Å²) in [4.78, 5) is 30.3. The molecule has 3 aliphatic rings. The summed E-state index contributed by atoms with van der Waals surface area (Å²) in [5, 5.41) is 0. The number of fused-ring (bicyclic) bond motifs is 2. The van der Waals surface area contributed by atoms with E-state index in [-0.39, 0.29) is 11.6 Å². The van der Waals surface area contributed by atoms with Gasteiger partial charge in [-0.1, -0.05) is 48.6 Å². The highest BCUT2D eigenvalue weighted by Gasteiger charge is 2.47. The molecule has 0 radical (unpaired) electrons. The molecule has 0 bridgehead atoms. The largest absolute Gasteiger partial charge is 0.342 e. The number of nitrogens with zero attached hydrogens (tertiary/aromatic N) is 2. The lowest BCUT2D eigenvalue weighted by atomic mass is 9.71. The van der Waals surface area contributed by atoms with Gasteiger partial charge >= 0.3 is 0 Å². The van der Waals surface area contributed by atoms with E-state index in [1.807, 2.05) is 60.7 Å². The molecule has 0 spiro atoms. The topological polar surface area (TPSA) is 40.6 Å². The second-order valence-corrected chi connectivity index (χ2v) is 8.22. The first-order valence-corrected chi connectivity index (χ1v) is 11.2. The van der Waals surface area contributed by atoms with Crippen LogP contribution in [0.25, 0.3) is 12.2 Å². The molecule has 2 aromatic rings. The van der Waals surface area contributed by atoms with E-state index in [0.29, 0.717) is 0 Å². The van der Waals surface area contributed by atoms with Gasteiger partial charge in [-0.15, -0.1) is 0 Å². The summed E-state index contributed by atoms with van der Waals surface area (Å²) in [6, 6.07) is 16.3. The van der Waals surface area contributed by atoms with E-state index >= 15 is 0 Å². The number of carbonyl (C=O) groups excluding carboxylic acids is 2. The van der Waals surface area contributed by atoms with Gasteiger partial charge in [0.05, 0.1) is 11.8 Å². The van der Waals surface area contributed by atoms with Gasteiger partial charge in [0.1, 0.15) is 0 Å². The van der Waals surface area contributed by atoms with Crippen molar-refractivity contribution in [3.8, 4) is 0 Å². The number of likely N-dealkylation sites (N-methyl/N-ethyl adjacent to an activating group) is 2. The molecule has 2 heterocycles. The Morgan fingerprint density at radius 3 is 1.47 bits per heavy atom. The fraction of sp³-hybridized carbons (Fsp3) is 0.214. The minimum absolute atomic E-state index is 0.0263. The predicted octanol–water partition coefficient (Wildman–Crippen LogP) is 5.25. The van der Waals surface area contributed by atoms with Crippen LogP contribution in [0.4, 0.5) is 11.4 Å². The van der Waals surface area contributed by atoms with E-state index in [2.05, 4.69) is 47.9 Å². The molecule has 2 aromatic carbocycles. The normalized spacial score (nSPS) is 24.1. The number of anilines is 2. The van der Waals surface area contributed by atoms with Gasteiger partial charge in [0.25, 0.3) is 0 Å². The highest BCUT2D eigenvalue weighted by Crippen LogP contribution is 2.37. The van der Waals surface area contributed by atoms with Gasteiger partial charge in [0.15, 0.2) is 11.6 Å². The van der Waals surface area contributed by atoms with Crippen molar-refractivity contribution in [2.24, 2.45) is 11.8 Å². The molecule has 160 valence electrons. The van der Waals surface area contributed by atoms with Gasteiger partial charge < -0.3 is 9.80 Å². The Morgan fingerprint density at radius 2 is 1.06 bits per heavy atom. The third kappa shape index (κ3) is 3.23. The molecule has 1 fully saturated rings. The Morgan fingerprint density at radius 1 is 0.656 bits per heavy atom. The summed E-state index contributed by atoms with van der Waals surface area (Å²) in [5.41, 5.74) is 6.31. The van der Waals surface area contributed by atoms with E-state index in [0.717, 1.165) is 47.0 Å². The van der Waals surface area contributed by atoms with Gasteiger partial charge in [0, 0.05) is 35.9 Å². The summed E-state index contributed by atoms with van der Waals surface area (Å²) in [6.07, 6.45) is 11.8. The molecule has 0 aromatic heterocycles. The number of allylic oxidation sites excluding steroid dienone is 4. The van der Waals surface area contributed by atoms with Crippen LogP contribution in [-0.4, -0.2) is 24.7 Å². The first-order chi connectivity index (χ1) is 15.6. The summed E-state index contributed by atoms with van der Waals surface area (Å²) in [5.74, 6) is -1.40. The predicted molar refractivity (Wildman–Crippen MR) is 130 cm³/mol. The molecule has 2 aliphatic heterocycles. The van der Waals surface area contributed by atoms with E-state index in [1.54, 1.807) is 0 Å². The van der Waals surface area contributed by atoms with Crippen molar-refractivity contribution in [2.75, 3.05) is 22.9 Å². The average molecular weight is 423 g/mol. The summed E-state index contributed by atoms with van der Waals surface area (Å²) in [6.45, 7) is 5.69. The van der Waals surface area contributed by atoms with Crippen LogP contribution in [0.2, 0.25) is 0 Å². The Balaban J connectivity index is 1.39. The van der Waals surface area contributed by atoms with Crippen molar-refractivity contribution >= 4 is 35.1 Å². The third-order valence-corrected chi connectivity index (χ3v) is 6.48. The second-order valence-electron chi connectivity index (χ2n) is 8.22. The van der Waals surface area contributed by atoms with Crippen LogP contribution in [0, 0.1) is 11.8 Å². The molecule has 5 rings (SSSR count). The van der Waals surface area contributed by atoms with Crippen LogP contribution in [0.1, 0.15) is 25.0 Å². The smallest absolute Gasteiger partial charge is 0.161 e. The van der Waals surface area contributed by atoms with E-state index in [1.165, 1.54) is 0 Å². The van der Waals surface area contributed by atoms with Gasteiger partial charge in [-0.25, -0.2) is 0 Å². The van der Waals surface area contributed by atoms with Crippen molar-refractivity contribution in [1.82, 2.24) is 0 Å². The lowest BCUT2D eigenvalue weighted by molar-refractivity contribution is -0.146. The Kier molecular flexibility index (Phi) is 5.14. The fourth-order valence-electron chi connectivity index (χ4n) is 4.80. The number of hydrogen-bond donors (Lipinski definition) is 0. The molecule has 32 heavy (non-hydrogen) atoms. The van der Waals surface area contributed by atoms with E-state index in [9.17, 15) is 9.59 Å². The highest BCUT2D eigenvalue weighted by atomic mass is 16.2. The number of ketones is 2. The maximum absolute atomic E-state index is 13.0. The molecular formula is C28H26N2O2. The van der Waals surface area contributed by atoms with Gasteiger partial charge in [-0.3, -0.25) is 9.59 Å². The minimum atomic E-state index is -0.675. The zero-order valence-corrected chi connectivity index (χ0v) is 18.4. The van der Waals surface area contributed by atoms with Crippen molar-refractivity contribution in [2.45, 2.75) is 13.8 Å². The van der Waals surface area contributed by atoms with Crippen LogP contribution >= 0.6 is 0 Å². The minimum Gasteiger partial charge on any atom is -0.342 e. The summed E-state index contributed by atoms with van der Waals surface area (Å²) >= 11 is 0. The Labute approximate surface area is 188 Å². The third-order valence-electron chi connectivity index (χ3n) is 6.48. The molecule has 4 heteroatoms. The maximum atomic E-state index is 13.0. The van der Waals surface area contributed by atoms with E-state index < -0.39 is 11.8 Å².